The van der Waals surface area contributed by atoms with Gasteiger partial charge in [-0.05, 0) is 41.3 Å². The van der Waals surface area contributed by atoms with E-state index in [1.54, 1.807) is 0 Å². The van der Waals surface area contributed by atoms with Crippen molar-refractivity contribution in [2.45, 2.75) is 38.9 Å². The molecule has 6 nitrogen and oxygen atoms in total. The Morgan fingerprint density at radius 2 is 1.93 bits per heavy atom. The summed E-state index contributed by atoms with van der Waals surface area (Å²) in [4.78, 5) is 13.4. The van der Waals surface area contributed by atoms with Gasteiger partial charge in [-0.3, -0.25) is 4.79 Å². The second-order valence-corrected chi connectivity index (χ2v) is 6.67. The molecule has 9 heteroatoms. The molecule has 0 aliphatic carbocycles. The molecule has 0 fully saturated rings. The van der Waals surface area contributed by atoms with Gasteiger partial charge in [-0.15, -0.1) is 10.2 Å². The molecule has 29 heavy (non-hydrogen) atoms. The van der Waals surface area contributed by atoms with Crippen molar-refractivity contribution < 1.29 is 18.0 Å². The monoisotopic (exact) mass is 403 g/mol. The van der Waals surface area contributed by atoms with Crippen LogP contribution in [0.2, 0.25) is 0 Å². The van der Waals surface area contributed by atoms with Gasteiger partial charge in [0.15, 0.2) is 0 Å². The van der Waals surface area contributed by atoms with Gasteiger partial charge in [-0.1, -0.05) is 44.2 Å². The summed E-state index contributed by atoms with van der Waals surface area (Å²) in [6.07, 6.45) is -3.53. The minimum absolute atomic E-state index is 0.0175. The lowest BCUT2D eigenvalue weighted by Gasteiger charge is -2.15. The summed E-state index contributed by atoms with van der Waals surface area (Å²) in [5, 5.41) is 14.4. The molecule has 0 unspecified atom stereocenters. The molecule has 1 N–H and O–H groups in total. The van der Waals surface area contributed by atoms with Crippen molar-refractivity contribution in [3.63, 3.8) is 0 Å². The number of aromatic nitrogens is 4. The van der Waals surface area contributed by atoms with E-state index in [2.05, 4.69) is 34.6 Å². The van der Waals surface area contributed by atoms with Gasteiger partial charge in [0.1, 0.15) is 6.54 Å². The molecule has 1 amide bonds. The van der Waals surface area contributed by atoms with Crippen LogP contribution in [0, 0.1) is 0 Å². The number of anilines is 1. The number of benzene rings is 2. The number of hydrogen-bond donors (Lipinski definition) is 1. The molecule has 3 aromatic rings. The van der Waals surface area contributed by atoms with Gasteiger partial charge in [-0.25, -0.2) is 0 Å². The summed E-state index contributed by atoms with van der Waals surface area (Å²) < 4.78 is 38.6. The number of alkyl halides is 3. The summed E-state index contributed by atoms with van der Waals surface area (Å²) in [6, 6.07) is 12.2. The highest BCUT2D eigenvalue weighted by Crippen LogP contribution is 2.31. The molecule has 1 heterocycles. The molecule has 0 radical (unpaired) electrons. The van der Waals surface area contributed by atoms with Crippen LogP contribution in [-0.4, -0.2) is 26.1 Å². The second-order valence-electron chi connectivity index (χ2n) is 6.67. The zero-order chi connectivity index (χ0) is 21.0. The van der Waals surface area contributed by atoms with Crippen LogP contribution in [0.3, 0.4) is 0 Å². The zero-order valence-electron chi connectivity index (χ0n) is 15.9. The Morgan fingerprint density at radius 1 is 1.17 bits per heavy atom. The molecule has 1 aromatic heterocycles. The number of nitrogens with one attached hydrogen (secondary N) is 1. The van der Waals surface area contributed by atoms with E-state index >= 15 is 0 Å². The maximum atomic E-state index is 12.9. The van der Waals surface area contributed by atoms with Gasteiger partial charge in [0.05, 0.1) is 5.56 Å². The minimum Gasteiger partial charge on any atom is -0.324 e. The Labute approximate surface area is 165 Å². The van der Waals surface area contributed by atoms with E-state index in [0.717, 1.165) is 28.9 Å². The molecular weight excluding hydrogens is 383 g/mol. The van der Waals surface area contributed by atoms with Crippen molar-refractivity contribution >= 4 is 11.6 Å². The number of nitrogens with zero attached hydrogens (tertiary/aromatic N) is 4. The fraction of sp³-hybridized carbons (Fsp3) is 0.300. The Hall–Kier alpha value is -3.23. The molecule has 3 rings (SSSR count). The van der Waals surface area contributed by atoms with Gasteiger partial charge < -0.3 is 5.32 Å². The van der Waals surface area contributed by atoms with Crippen LogP contribution in [0.15, 0.2) is 48.5 Å². The van der Waals surface area contributed by atoms with E-state index in [9.17, 15) is 18.0 Å². The average molecular weight is 403 g/mol. The molecule has 152 valence electrons. The van der Waals surface area contributed by atoms with Gasteiger partial charge in [0, 0.05) is 11.3 Å². The lowest BCUT2D eigenvalue weighted by atomic mass is 9.97. The third-order valence-corrected chi connectivity index (χ3v) is 4.56. The molecule has 0 aliphatic rings. The molecule has 0 bridgehead atoms. The van der Waals surface area contributed by atoms with Crippen LogP contribution in [0.1, 0.15) is 37.3 Å². The van der Waals surface area contributed by atoms with Crippen molar-refractivity contribution in [2.24, 2.45) is 0 Å². The Morgan fingerprint density at radius 3 is 2.66 bits per heavy atom. The summed E-state index contributed by atoms with van der Waals surface area (Å²) in [7, 11) is 0. The molecule has 0 saturated heterocycles. The van der Waals surface area contributed by atoms with Crippen LogP contribution < -0.4 is 5.32 Å². The fourth-order valence-electron chi connectivity index (χ4n) is 2.84. The quantitative estimate of drug-likeness (QED) is 0.657. The predicted octanol–water partition coefficient (Wildman–Crippen LogP) is 4.51. The standard InChI is InChI=1S/C20H20F3N5O/c1-3-13(2)16-9-4-5-10-17(16)24-18(29)12-28-26-19(25-27-28)14-7-6-8-15(11-14)20(21,22)23/h4-11,13H,3,12H2,1-2H3,(H,24,29)/t13-/m1/s1. The Bertz CT molecular complexity index is 1000. The van der Waals surface area contributed by atoms with E-state index < -0.39 is 11.7 Å². The number of carbonyl (C=O) groups is 1. The highest BCUT2D eigenvalue weighted by Gasteiger charge is 2.30. The third kappa shape index (κ3) is 4.98. The SMILES string of the molecule is CC[C@@H](C)c1ccccc1NC(=O)Cn1nnc(-c2cccc(C(F)(F)F)c2)n1. The normalized spacial score (nSPS) is 12.6. The highest BCUT2D eigenvalue weighted by molar-refractivity contribution is 5.91. The first kappa shape index (κ1) is 20.5. The first-order valence-corrected chi connectivity index (χ1v) is 9.12. The fourth-order valence-corrected chi connectivity index (χ4v) is 2.84. The number of amides is 1. The Balaban J connectivity index is 1.72. The topological polar surface area (TPSA) is 72.7 Å². The third-order valence-electron chi connectivity index (χ3n) is 4.56. The highest BCUT2D eigenvalue weighted by atomic mass is 19.4. The van der Waals surface area contributed by atoms with E-state index in [0.29, 0.717) is 5.69 Å². The lowest BCUT2D eigenvalue weighted by molar-refractivity contribution is -0.137. The van der Waals surface area contributed by atoms with Crippen molar-refractivity contribution in [3.05, 3.63) is 59.7 Å². The van der Waals surface area contributed by atoms with Crippen molar-refractivity contribution in [3.8, 4) is 11.4 Å². The lowest BCUT2D eigenvalue weighted by Crippen LogP contribution is -2.21. The molecular formula is C20H20F3N5O. The van der Waals surface area contributed by atoms with Gasteiger partial charge in [-0.2, -0.15) is 18.0 Å². The summed E-state index contributed by atoms with van der Waals surface area (Å²) >= 11 is 0. The zero-order valence-corrected chi connectivity index (χ0v) is 15.9. The Kier molecular flexibility index (Phi) is 5.95. The van der Waals surface area contributed by atoms with Crippen molar-refractivity contribution in [2.75, 3.05) is 5.32 Å². The van der Waals surface area contributed by atoms with Crippen molar-refractivity contribution in [1.82, 2.24) is 20.2 Å². The summed E-state index contributed by atoms with van der Waals surface area (Å²) in [6.45, 7) is 3.93. The first-order chi connectivity index (χ1) is 13.8. The number of hydrogen-bond acceptors (Lipinski definition) is 4. The van der Waals surface area contributed by atoms with E-state index in [1.807, 2.05) is 24.3 Å². The number of tetrazole rings is 1. The van der Waals surface area contributed by atoms with Crippen molar-refractivity contribution in [1.29, 1.82) is 0 Å². The average Bonchev–Trinajstić information content (AvgIpc) is 3.15. The maximum Gasteiger partial charge on any atom is 0.416 e. The van der Waals surface area contributed by atoms with Gasteiger partial charge >= 0.3 is 6.18 Å². The van der Waals surface area contributed by atoms with Crippen LogP contribution in [-0.2, 0) is 17.5 Å². The number of para-hydroxylation sites is 1. The first-order valence-electron chi connectivity index (χ1n) is 9.12. The molecule has 0 aliphatic heterocycles. The van der Waals surface area contributed by atoms with E-state index in [4.69, 9.17) is 0 Å². The summed E-state index contributed by atoms with van der Waals surface area (Å²) in [5.41, 5.74) is 1.11. The summed E-state index contributed by atoms with van der Waals surface area (Å²) in [5.74, 6) is -0.0545. The number of carbonyl (C=O) groups excluding carboxylic acids is 1. The predicted molar refractivity (Wildman–Crippen MR) is 102 cm³/mol. The largest absolute Gasteiger partial charge is 0.416 e. The van der Waals surface area contributed by atoms with Crippen LogP contribution >= 0.6 is 0 Å². The second kappa shape index (κ2) is 8.42. The molecule has 2 aromatic carbocycles. The number of halogens is 3. The van der Waals surface area contributed by atoms with Crippen LogP contribution in [0.4, 0.5) is 18.9 Å². The maximum absolute atomic E-state index is 12.9. The van der Waals surface area contributed by atoms with Gasteiger partial charge in [0.25, 0.3) is 0 Å². The van der Waals surface area contributed by atoms with Crippen LogP contribution in [0.5, 0.6) is 0 Å². The number of rotatable bonds is 6. The van der Waals surface area contributed by atoms with Crippen LogP contribution in [0.25, 0.3) is 11.4 Å². The van der Waals surface area contributed by atoms with Gasteiger partial charge in [0.2, 0.25) is 11.7 Å². The van der Waals surface area contributed by atoms with E-state index in [-0.39, 0.29) is 29.8 Å². The molecule has 0 spiro atoms. The molecule has 1 atom stereocenters. The smallest absolute Gasteiger partial charge is 0.324 e. The van der Waals surface area contributed by atoms with E-state index in [1.165, 1.54) is 12.1 Å². The molecule has 0 saturated carbocycles. The minimum atomic E-state index is -4.46.